The van der Waals surface area contributed by atoms with E-state index < -0.39 is 23.3 Å². The predicted octanol–water partition coefficient (Wildman–Crippen LogP) is 5.91. The van der Waals surface area contributed by atoms with Crippen molar-refractivity contribution in [3.05, 3.63) is 108 Å². The molecule has 0 spiro atoms. The summed E-state index contributed by atoms with van der Waals surface area (Å²) in [6.45, 7) is 6.08. The summed E-state index contributed by atoms with van der Waals surface area (Å²) in [4.78, 5) is 0. The summed E-state index contributed by atoms with van der Waals surface area (Å²) in [6.07, 6.45) is -0.247. The minimum atomic E-state index is -0.827. The van der Waals surface area contributed by atoms with Gasteiger partial charge in [-0.15, -0.1) is 0 Å². The fraction of sp³-hybridized carbons (Fsp3) is 0.400. The number of methoxy groups -OCH3 is 2. The average molecular weight is 477 g/mol. The van der Waals surface area contributed by atoms with Crippen molar-refractivity contribution < 1.29 is 23.7 Å². The Bertz CT molecular complexity index is 957. The van der Waals surface area contributed by atoms with E-state index in [1.54, 1.807) is 14.2 Å². The minimum absolute atomic E-state index is 0.302. The molecule has 0 radical (unpaired) electrons. The summed E-state index contributed by atoms with van der Waals surface area (Å²) in [7, 11) is 3.33. The molecule has 0 unspecified atom stereocenters. The van der Waals surface area contributed by atoms with Gasteiger partial charge in [0.15, 0.2) is 12.1 Å². The Morgan fingerprint density at radius 2 is 1.26 bits per heavy atom. The Hall–Kier alpha value is -2.54. The van der Waals surface area contributed by atoms with Gasteiger partial charge in [-0.3, -0.25) is 0 Å². The molecule has 1 heterocycles. The molecule has 1 aliphatic rings. The van der Waals surface area contributed by atoms with Gasteiger partial charge in [0, 0.05) is 20.6 Å². The van der Waals surface area contributed by atoms with Crippen molar-refractivity contribution >= 4 is 0 Å². The van der Waals surface area contributed by atoms with E-state index in [1.807, 2.05) is 75.4 Å². The van der Waals surface area contributed by atoms with E-state index in [-0.39, 0.29) is 6.10 Å². The van der Waals surface area contributed by atoms with E-state index in [4.69, 9.17) is 23.7 Å². The molecule has 4 rings (SSSR count). The highest BCUT2D eigenvalue weighted by molar-refractivity contribution is 5.47. The zero-order chi connectivity index (χ0) is 24.9. The third kappa shape index (κ3) is 5.35. The second kappa shape index (κ2) is 10.6. The molecule has 3 aromatic carbocycles. The lowest BCUT2D eigenvalue weighted by Crippen LogP contribution is -2.43. The molecule has 0 bridgehead atoms. The molecule has 3 atom stereocenters. The maximum atomic E-state index is 6.98. The molecule has 1 aliphatic heterocycles. The Kier molecular flexibility index (Phi) is 7.74. The molecule has 0 N–H and O–H groups in total. The van der Waals surface area contributed by atoms with E-state index in [2.05, 4.69) is 36.4 Å². The van der Waals surface area contributed by atoms with Crippen LogP contribution in [0.3, 0.4) is 0 Å². The van der Waals surface area contributed by atoms with Crippen molar-refractivity contribution in [3.8, 4) is 0 Å². The van der Waals surface area contributed by atoms with Crippen LogP contribution >= 0.6 is 0 Å². The molecular formula is C30H36O5. The minimum Gasteiger partial charge on any atom is -0.376 e. The predicted molar refractivity (Wildman–Crippen MR) is 136 cm³/mol. The Balaban J connectivity index is 1.72. The van der Waals surface area contributed by atoms with E-state index in [0.717, 1.165) is 16.7 Å². The van der Waals surface area contributed by atoms with E-state index in [9.17, 15) is 0 Å². The molecule has 0 amide bonds. The first-order valence-electron chi connectivity index (χ1n) is 12.1. The van der Waals surface area contributed by atoms with Crippen LogP contribution in [0.5, 0.6) is 0 Å². The van der Waals surface area contributed by atoms with Crippen molar-refractivity contribution in [3.63, 3.8) is 0 Å². The van der Waals surface area contributed by atoms with Crippen LogP contribution in [0.4, 0.5) is 0 Å². The van der Waals surface area contributed by atoms with Crippen molar-refractivity contribution in [1.82, 2.24) is 0 Å². The van der Waals surface area contributed by atoms with E-state index >= 15 is 0 Å². The summed E-state index contributed by atoms with van der Waals surface area (Å²) in [5.41, 5.74) is 1.73. The van der Waals surface area contributed by atoms with Crippen LogP contribution in [0.2, 0.25) is 0 Å². The summed E-state index contributed by atoms with van der Waals surface area (Å²) in [5, 5.41) is 0. The lowest BCUT2D eigenvalue weighted by Gasteiger charge is -2.38. The largest absolute Gasteiger partial charge is 0.376 e. The highest BCUT2D eigenvalue weighted by atomic mass is 16.8. The zero-order valence-corrected chi connectivity index (χ0v) is 21.3. The number of ether oxygens (including phenoxy) is 5. The maximum Gasteiger partial charge on any atom is 0.165 e. The summed E-state index contributed by atoms with van der Waals surface area (Å²) < 4.78 is 30.8. The fourth-order valence-corrected chi connectivity index (χ4v) is 4.67. The Labute approximate surface area is 208 Å². The summed E-state index contributed by atoms with van der Waals surface area (Å²) >= 11 is 0. The second-order valence-corrected chi connectivity index (χ2v) is 9.59. The number of benzene rings is 3. The first-order valence-corrected chi connectivity index (χ1v) is 12.1. The van der Waals surface area contributed by atoms with Gasteiger partial charge in [0.05, 0.1) is 12.2 Å². The third-order valence-electron chi connectivity index (χ3n) is 6.93. The summed E-state index contributed by atoms with van der Waals surface area (Å²) in [6, 6.07) is 31.0. The first-order chi connectivity index (χ1) is 16.8. The number of hydrogen-bond donors (Lipinski definition) is 0. The molecule has 0 aliphatic carbocycles. The van der Waals surface area contributed by atoms with E-state index in [1.165, 1.54) is 0 Å². The van der Waals surface area contributed by atoms with Crippen LogP contribution in [0.1, 0.15) is 43.9 Å². The van der Waals surface area contributed by atoms with Gasteiger partial charge in [-0.1, -0.05) is 91.0 Å². The lowest BCUT2D eigenvalue weighted by molar-refractivity contribution is -0.282. The standard InChI is InChI=1S/C30H36O5/c1-28(2,31-4)35-27-21-29(3,32-5)26(34-27)22-33-30(23-15-9-6-10-16-23,24-17-11-7-12-18-24)25-19-13-8-14-20-25/h6-20,26-27H,21-22H2,1-5H3/t26-,27-,29+/m1/s1. The van der Waals surface area contributed by atoms with Crippen LogP contribution in [0.25, 0.3) is 0 Å². The van der Waals surface area contributed by atoms with Gasteiger partial charge in [-0.25, -0.2) is 0 Å². The van der Waals surface area contributed by atoms with Gasteiger partial charge in [-0.2, -0.15) is 0 Å². The van der Waals surface area contributed by atoms with Crippen molar-refractivity contribution in [2.24, 2.45) is 0 Å². The lowest BCUT2D eigenvalue weighted by atomic mass is 9.80. The van der Waals surface area contributed by atoms with Gasteiger partial charge < -0.3 is 23.7 Å². The van der Waals surface area contributed by atoms with Crippen molar-refractivity contribution in [2.75, 3.05) is 20.8 Å². The molecule has 3 aromatic rings. The molecule has 0 aromatic heterocycles. The molecule has 1 fully saturated rings. The second-order valence-electron chi connectivity index (χ2n) is 9.59. The monoisotopic (exact) mass is 476 g/mol. The maximum absolute atomic E-state index is 6.98. The van der Waals surface area contributed by atoms with Crippen molar-refractivity contribution in [2.45, 2.75) is 56.6 Å². The van der Waals surface area contributed by atoms with Crippen LogP contribution in [-0.4, -0.2) is 44.6 Å². The van der Waals surface area contributed by atoms with Gasteiger partial charge in [-0.05, 0) is 37.5 Å². The molecular weight excluding hydrogens is 440 g/mol. The number of hydrogen-bond acceptors (Lipinski definition) is 5. The normalized spacial score (nSPS) is 22.9. The molecule has 0 saturated carbocycles. The zero-order valence-electron chi connectivity index (χ0n) is 21.3. The Morgan fingerprint density at radius 3 is 1.66 bits per heavy atom. The topological polar surface area (TPSA) is 46.2 Å². The average Bonchev–Trinajstić information content (AvgIpc) is 3.21. The van der Waals surface area contributed by atoms with Gasteiger partial charge in [0.25, 0.3) is 0 Å². The first kappa shape index (κ1) is 25.5. The highest BCUT2D eigenvalue weighted by Gasteiger charge is 2.49. The van der Waals surface area contributed by atoms with E-state index in [0.29, 0.717) is 13.0 Å². The van der Waals surface area contributed by atoms with Gasteiger partial charge >= 0.3 is 0 Å². The van der Waals surface area contributed by atoms with Crippen molar-refractivity contribution in [1.29, 1.82) is 0 Å². The van der Waals surface area contributed by atoms with Gasteiger partial charge in [0.1, 0.15) is 11.7 Å². The summed E-state index contributed by atoms with van der Waals surface area (Å²) in [5.74, 6) is -0.767. The molecule has 1 saturated heterocycles. The smallest absolute Gasteiger partial charge is 0.165 e. The fourth-order valence-electron chi connectivity index (χ4n) is 4.67. The van der Waals surface area contributed by atoms with Crippen LogP contribution in [0.15, 0.2) is 91.0 Å². The molecule has 35 heavy (non-hydrogen) atoms. The Morgan fingerprint density at radius 1 is 0.800 bits per heavy atom. The quantitative estimate of drug-likeness (QED) is 0.269. The van der Waals surface area contributed by atoms with Gasteiger partial charge in [0.2, 0.25) is 0 Å². The molecule has 5 nitrogen and oxygen atoms in total. The molecule has 186 valence electrons. The number of rotatable bonds is 10. The van der Waals surface area contributed by atoms with Crippen LogP contribution in [0, 0.1) is 0 Å². The highest BCUT2D eigenvalue weighted by Crippen LogP contribution is 2.43. The SMILES string of the molecule is COC(C)(C)O[C@@H]1C[C@](C)(OC)[C@@H](COC(c2ccccc2)(c2ccccc2)c2ccccc2)O1. The van der Waals surface area contributed by atoms with Crippen LogP contribution < -0.4 is 0 Å². The molecule has 5 heteroatoms. The van der Waals surface area contributed by atoms with Crippen LogP contribution in [-0.2, 0) is 29.3 Å². The third-order valence-corrected chi connectivity index (χ3v) is 6.93.